The van der Waals surface area contributed by atoms with Crippen LogP contribution in [0.5, 0.6) is 0 Å². The summed E-state index contributed by atoms with van der Waals surface area (Å²) < 4.78 is 2.07. The first-order valence-electron chi connectivity index (χ1n) is 8.32. The lowest BCUT2D eigenvalue weighted by Crippen LogP contribution is -2.42. The number of aromatic amines is 1. The maximum absolute atomic E-state index is 12.6. The minimum absolute atomic E-state index is 0.123. The number of nitrogens with one attached hydrogen (secondary N) is 1. The summed E-state index contributed by atoms with van der Waals surface area (Å²) >= 11 is 0. The van der Waals surface area contributed by atoms with Crippen LogP contribution in [-0.2, 0) is 17.6 Å². The van der Waals surface area contributed by atoms with Crippen molar-refractivity contribution in [2.75, 3.05) is 6.54 Å². The number of aryl methyl sites for hydroxylation is 3. The molecule has 4 heterocycles. The van der Waals surface area contributed by atoms with E-state index in [-0.39, 0.29) is 18.0 Å². The highest BCUT2D eigenvalue weighted by Crippen LogP contribution is 2.38. The highest BCUT2D eigenvalue weighted by Gasteiger charge is 2.42. The zero-order valence-electron chi connectivity index (χ0n) is 13.8. The van der Waals surface area contributed by atoms with Gasteiger partial charge in [-0.25, -0.2) is 0 Å². The van der Waals surface area contributed by atoms with E-state index in [2.05, 4.69) is 25.0 Å². The average molecular weight is 314 g/mol. The van der Waals surface area contributed by atoms with Crippen LogP contribution in [0.2, 0.25) is 0 Å². The summed E-state index contributed by atoms with van der Waals surface area (Å²) in [5.74, 6) is 2.08. The summed E-state index contributed by atoms with van der Waals surface area (Å²) in [6, 6.07) is -0.0757. The summed E-state index contributed by atoms with van der Waals surface area (Å²) in [6.45, 7) is 6.86. The number of nitrogens with zero attached hydrogens (tertiary/aromatic N) is 5. The maximum Gasteiger partial charge on any atom is 0.246 e. The molecule has 122 valence electrons. The molecule has 1 fully saturated rings. The Bertz CT molecular complexity index is 741. The molecule has 0 aromatic carbocycles. The average Bonchev–Trinajstić information content (AvgIpc) is 3.23. The summed E-state index contributed by atoms with van der Waals surface area (Å²) in [5.41, 5.74) is 3.37. The lowest BCUT2D eigenvalue weighted by Gasteiger charge is -2.34. The molecule has 23 heavy (non-hydrogen) atoms. The molecule has 0 radical (unpaired) electrons. The van der Waals surface area contributed by atoms with E-state index in [0.717, 1.165) is 55.3 Å². The molecule has 1 amide bonds. The fraction of sp³-hybridized carbons (Fsp3) is 0.625. The molecule has 0 bridgehead atoms. The van der Waals surface area contributed by atoms with E-state index in [1.165, 1.54) is 5.56 Å². The maximum atomic E-state index is 12.6. The third-order valence-corrected chi connectivity index (χ3v) is 5.25. The lowest BCUT2D eigenvalue weighted by atomic mass is 10.1. The summed E-state index contributed by atoms with van der Waals surface area (Å²) in [4.78, 5) is 14.6. The van der Waals surface area contributed by atoms with Gasteiger partial charge in [-0.3, -0.25) is 9.89 Å². The largest absolute Gasteiger partial charge is 0.331 e. The van der Waals surface area contributed by atoms with Crippen molar-refractivity contribution in [3.8, 4) is 0 Å². The normalized spacial score (nSPS) is 23.3. The molecular weight excluding hydrogens is 292 g/mol. The van der Waals surface area contributed by atoms with Crippen molar-refractivity contribution in [3.05, 3.63) is 28.6 Å². The first kappa shape index (κ1) is 14.4. The van der Waals surface area contributed by atoms with Crippen molar-refractivity contribution >= 4 is 5.91 Å². The molecule has 0 aliphatic carbocycles. The molecule has 2 aromatic heterocycles. The molecule has 2 aliphatic heterocycles. The predicted octanol–water partition coefficient (Wildman–Crippen LogP) is 1.64. The number of hydrogen-bond donors (Lipinski definition) is 1. The topological polar surface area (TPSA) is 79.7 Å². The molecular formula is C16H22N6O. The van der Waals surface area contributed by atoms with E-state index in [9.17, 15) is 4.79 Å². The van der Waals surface area contributed by atoms with Crippen molar-refractivity contribution in [1.29, 1.82) is 0 Å². The fourth-order valence-electron chi connectivity index (χ4n) is 3.99. The van der Waals surface area contributed by atoms with E-state index in [1.54, 1.807) is 0 Å². The van der Waals surface area contributed by atoms with Crippen LogP contribution in [-0.4, -0.2) is 42.3 Å². The lowest BCUT2D eigenvalue weighted by molar-refractivity contribution is -0.137. The minimum Gasteiger partial charge on any atom is -0.331 e. The van der Waals surface area contributed by atoms with E-state index < -0.39 is 0 Å². The number of H-pyrrole nitrogens is 1. The Morgan fingerprint density at radius 1 is 1.26 bits per heavy atom. The number of aromatic nitrogens is 5. The van der Waals surface area contributed by atoms with Gasteiger partial charge < -0.3 is 9.47 Å². The van der Waals surface area contributed by atoms with Gasteiger partial charge in [0.2, 0.25) is 5.91 Å². The number of hydrogen-bond acceptors (Lipinski definition) is 4. The van der Waals surface area contributed by atoms with Crippen molar-refractivity contribution in [2.45, 2.75) is 58.5 Å². The van der Waals surface area contributed by atoms with Crippen molar-refractivity contribution in [2.24, 2.45) is 0 Å². The third-order valence-electron chi connectivity index (χ3n) is 5.25. The molecule has 2 aliphatic rings. The van der Waals surface area contributed by atoms with Crippen LogP contribution in [0.4, 0.5) is 0 Å². The Morgan fingerprint density at radius 3 is 2.83 bits per heavy atom. The van der Waals surface area contributed by atoms with Crippen molar-refractivity contribution in [3.63, 3.8) is 0 Å². The van der Waals surface area contributed by atoms with Crippen LogP contribution in [0, 0.1) is 13.8 Å². The second kappa shape index (κ2) is 5.18. The number of carbonyl (C=O) groups excluding carboxylic acids is 1. The number of amides is 1. The van der Waals surface area contributed by atoms with E-state index >= 15 is 0 Å². The van der Waals surface area contributed by atoms with E-state index in [0.29, 0.717) is 0 Å². The van der Waals surface area contributed by atoms with Crippen LogP contribution < -0.4 is 0 Å². The Morgan fingerprint density at radius 2 is 2.09 bits per heavy atom. The van der Waals surface area contributed by atoms with Gasteiger partial charge in [-0.15, -0.1) is 10.2 Å². The highest BCUT2D eigenvalue weighted by molar-refractivity contribution is 5.82. The van der Waals surface area contributed by atoms with Gasteiger partial charge in [0.15, 0.2) is 5.82 Å². The van der Waals surface area contributed by atoms with Gasteiger partial charge in [-0.1, -0.05) is 0 Å². The number of carbonyl (C=O) groups is 1. The molecule has 0 spiro atoms. The Kier molecular flexibility index (Phi) is 3.25. The minimum atomic E-state index is -0.198. The van der Waals surface area contributed by atoms with Gasteiger partial charge in [0.05, 0.1) is 11.7 Å². The van der Waals surface area contributed by atoms with Crippen LogP contribution in [0.25, 0.3) is 0 Å². The predicted molar refractivity (Wildman–Crippen MR) is 83.9 cm³/mol. The van der Waals surface area contributed by atoms with Crippen LogP contribution >= 0.6 is 0 Å². The zero-order chi connectivity index (χ0) is 16.1. The standard InChI is InChI=1S/C16H22N6O/c1-9-12(10(2)18-17-9)6-7-14-19-20-15-13-5-4-8-21(13)16(23)11(3)22(14)15/h11,13H,4-8H2,1-3H3,(H,17,18)/t11-,13-/m0/s1. The quantitative estimate of drug-likeness (QED) is 0.934. The van der Waals surface area contributed by atoms with Gasteiger partial charge in [-0.2, -0.15) is 5.10 Å². The molecule has 7 nitrogen and oxygen atoms in total. The Balaban J connectivity index is 1.64. The molecule has 7 heteroatoms. The number of rotatable bonds is 3. The fourth-order valence-corrected chi connectivity index (χ4v) is 3.99. The van der Waals surface area contributed by atoms with Gasteiger partial charge in [0.25, 0.3) is 0 Å². The first-order valence-corrected chi connectivity index (χ1v) is 8.32. The Hall–Kier alpha value is -2.18. The van der Waals surface area contributed by atoms with Gasteiger partial charge in [0, 0.05) is 18.7 Å². The number of fused-ring (bicyclic) bond motifs is 3. The van der Waals surface area contributed by atoms with E-state index in [4.69, 9.17) is 0 Å². The van der Waals surface area contributed by atoms with Crippen LogP contribution in [0.15, 0.2) is 0 Å². The molecule has 0 unspecified atom stereocenters. The molecule has 4 rings (SSSR count). The zero-order valence-corrected chi connectivity index (χ0v) is 13.8. The van der Waals surface area contributed by atoms with Crippen molar-refractivity contribution < 1.29 is 4.79 Å². The summed E-state index contributed by atoms with van der Waals surface area (Å²) in [7, 11) is 0. The third kappa shape index (κ3) is 2.09. The summed E-state index contributed by atoms with van der Waals surface area (Å²) in [6.07, 6.45) is 3.69. The second-order valence-corrected chi connectivity index (χ2v) is 6.62. The molecule has 2 atom stereocenters. The molecule has 1 N–H and O–H groups in total. The second-order valence-electron chi connectivity index (χ2n) is 6.62. The first-order chi connectivity index (χ1) is 11.1. The summed E-state index contributed by atoms with van der Waals surface area (Å²) in [5, 5.41) is 16.1. The molecule has 0 saturated carbocycles. The molecule has 1 saturated heterocycles. The van der Waals surface area contributed by atoms with Crippen LogP contribution in [0.1, 0.15) is 60.4 Å². The van der Waals surface area contributed by atoms with Crippen molar-refractivity contribution in [1.82, 2.24) is 29.9 Å². The SMILES string of the molecule is Cc1n[nH]c(C)c1CCc1nnc2n1[C@@H](C)C(=O)N1CCC[C@@H]21. The smallest absolute Gasteiger partial charge is 0.246 e. The Labute approximate surface area is 135 Å². The van der Waals surface area contributed by atoms with Crippen LogP contribution in [0.3, 0.4) is 0 Å². The monoisotopic (exact) mass is 314 g/mol. The highest BCUT2D eigenvalue weighted by atomic mass is 16.2. The van der Waals surface area contributed by atoms with E-state index in [1.807, 2.05) is 25.7 Å². The molecule has 2 aromatic rings. The van der Waals surface area contributed by atoms with Gasteiger partial charge >= 0.3 is 0 Å². The van der Waals surface area contributed by atoms with Gasteiger partial charge in [0.1, 0.15) is 11.9 Å². The van der Waals surface area contributed by atoms with Gasteiger partial charge in [-0.05, 0) is 45.6 Å².